The number of ether oxygens (including phenoxy) is 3. The predicted molar refractivity (Wildman–Crippen MR) is 76.7 cm³/mol. The Morgan fingerprint density at radius 1 is 1.36 bits per heavy atom. The van der Waals surface area contributed by atoms with E-state index in [1.807, 2.05) is 0 Å². The molecule has 1 unspecified atom stereocenters. The van der Waals surface area contributed by atoms with Gasteiger partial charge in [0.25, 0.3) is 0 Å². The van der Waals surface area contributed by atoms with Crippen LogP contribution >= 0.6 is 0 Å². The van der Waals surface area contributed by atoms with Gasteiger partial charge in [-0.15, -0.1) is 0 Å². The predicted octanol–water partition coefficient (Wildman–Crippen LogP) is -1.09. The van der Waals surface area contributed by atoms with Crippen LogP contribution in [0.5, 0.6) is 0 Å². The van der Waals surface area contributed by atoms with Crippen molar-refractivity contribution in [1.82, 2.24) is 19.5 Å². The van der Waals surface area contributed by atoms with E-state index in [1.165, 1.54) is 13.4 Å². The van der Waals surface area contributed by atoms with E-state index >= 15 is 0 Å². The number of aliphatic hydroxyl groups is 1. The summed E-state index contributed by atoms with van der Waals surface area (Å²) in [4.78, 5) is 12.1. The molecule has 1 aliphatic rings. The zero-order valence-electron chi connectivity index (χ0n) is 12.2. The number of fused-ring (bicyclic) bond motifs is 1. The lowest BCUT2D eigenvalue weighted by atomic mass is 10.1. The normalized spacial score (nSPS) is 28.5. The Bertz CT molecular complexity index is 677. The molecule has 0 spiro atoms. The second kappa shape index (κ2) is 5.65. The smallest absolute Gasteiger partial charge is 0.224 e. The van der Waals surface area contributed by atoms with Crippen LogP contribution in [-0.2, 0) is 14.2 Å². The van der Waals surface area contributed by atoms with Gasteiger partial charge < -0.3 is 30.8 Å². The second-order valence-electron chi connectivity index (χ2n) is 5.00. The van der Waals surface area contributed by atoms with Crippen molar-refractivity contribution in [3.8, 4) is 0 Å². The Balaban J connectivity index is 2.01. The van der Waals surface area contributed by atoms with Crippen molar-refractivity contribution in [2.75, 3.05) is 32.3 Å². The van der Waals surface area contributed by atoms with E-state index in [0.717, 1.165) is 0 Å². The quantitative estimate of drug-likeness (QED) is 0.641. The maximum absolute atomic E-state index is 10.5. The first kappa shape index (κ1) is 14.9. The molecule has 1 aliphatic heterocycles. The number of aliphatic hydroxyl groups excluding tert-OH is 1. The van der Waals surface area contributed by atoms with Crippen LogP contribution in [0.4, 0.5) is 11.8 Å². The number of anilines is 2. The van der Waals surface area contributed by atoms with Gasteiger partial charge in [0.05, 0.1) is 12.9 Å². The molecule has 0 amide bonds. The van der Waals surface area contributed by atoms with Gasteiger partial charge in [-0.1, -0.05) is 0 Å². The zero-order chi connectivity index (χ0) is 15.9. The molecule has 4 atom stereocenters. The summed E-state index contributed by atoms with van der Waals surface area (Å²) in [6.07, 6.45) is -1.11. The summed E-state index contributed by atoms with van der Waals surface area (Å²) in [5, 5.41) is 10.5. The van der Waals surface area contributed by atoms with Gasteiger partial charge in [-0.3, -0.25) is 4.57 Å². The van der Waals surface area contributed by atoms with E-state index in [4.69, 9.17) is 25.7 Å². The number of rotatable bonds is 4. The molecule has 120 valence electrons. The highest BCUT2D eigenvalue weighted by Crippen LogP contribution is 2.33. The third-order valence-electron chi connectivity index (χ3n) is 3.65. The van der Waals surface area contributed by atoms with Crippen molar-refractivity contribution in [2.24, 2.45) is 0 Å². The van der Waals surface area contributed by atoms with Gasteiger partial charge in [-0.2, -0.15) is 9.97 Å². The standard InChI is InChI=1S/C12H18N6O4/c1-20-3-5-8(21-2)7(19)11(22-5)18-4-15-6-9(13)16-12(14)17-10(6)18/h4-5,7-8,11,19H,3H2,1-2H3,(H4,13,14,16,17)/t5-,7+,8?,11-/m1/s1. The van der Waals surface area contributed by atoms with Crippen LogP contribution in [0.1, 0.15) is 6.23 Å². The molecular weight excluding hydrogens is 292 g/mol. The van der Waals surface area contributed by atoms with Crippen LogP contribution in [0.25, 0.3) is 11.2 Å². The Hall–Kier alpha value is -2.01. The second-order valence-corrected chi connectivity index (χ2v) is 5.00. The highest BCUT2D eigenvalue weighted by molar-refractivity contribution is 5.82. The number of hydrogen-bond donors (Lipinski definition) is 3. The largest absolute Gasteiger partial charge is 0.386 e. The SMILES string of the molecule is COC[C@H]1O[C@@H](n2cnc3c(N)nc(N)nc32)[C@@H](O)C1OC. The summed E-state index contributed by atoms with van der Waals surface area (Å²) in [6.45, 7) is 0.290. The van der Waals surface area contributed by atoms with Crippen molar-refractivity contribution >= 4 is 22.9 Å². The van der Waals surface area contributed by atoms with Gasteiger partial charge in [-0.25, -0.2) is 4.98 Å². The summed E-state index contributed by atoms with van der Waals surface area (Å²) < 4.78 is 17.8. The molecule has 3 rings (SSSR count). The molecule has 0 aliphatic carbocycles. The van der Waals surface area contributed by atoms with Crippen molar-refractivity contribution in [3.63, 3.8) is 0 Å². The maximum atomic E-state index is 10.5. The molecule has 1 saturated heterocycles. The van der Waals surface area contributed by atoms with E-state index in [9.17, 15) is 5.11 Å². The highest BCUT2D eigenvalue weighted by Gasteiger charge is 2.45. The number of imidazole rings is 1. The number of methoxy groups -OCH3 is 2. The molecule has 22 heavy (non-hydrogen) atoms. The highest BCUT2D eigenvalue weighted by atomic mass is 16.6. The molecule has 0 radical (unpaired) electrons. The van der Waals surface area contributed by atoms with Crippen molar-refractivity contribution in [3.05, 3.63) is 6.33 Å². The Morgan fingerprint density at radius 3 is 2.82 bits per heavy atom. The van der Waals surface area contributed by atoms with Gasteiger partial charge in [0.1, 0.15) is 23.8 Å². The van der Waals surface area contributed by atoms with Crippen LogP contribution in [0, 0.1) is 0 Å². The molecule has 3 heterocycles. The molecule has 2 aromatic rings. The minimum Gasteiger partial charge on any atom is -0.386 e. The van der Waals surface area contributed by atoms with E-state index in [2.05, 4.69) is 15.0 Å². The minimum absolute atomic E-state index is 0.0240. The Labute approximate surface area is 126 Å². The van der Waals surface area contributed by atoms with E-state index in [-0.39, 0.29) is 18.4 Å². The number of nitrogens with zero attached hydrogens (tertiary/aromatic N) is 4. The lowest BCUT2D eigenvalue weighted by Gasteiger charge is -2.18. The lowest BCUT2D eigenvalue weighted by Crippen LogP contribution is -2.35. The molecule has 10 heteroatoms. The fraction of sp³-hybridized carbons (Fsp3) is 0.583. The summed E-state index contributed by atoms with van der Waals surface area (Å²) in [7, 11) is 3.06. The summed E-state index contributed by atoms with van der Waals surface area (Å²) in [5.74, 6) is 0.196. The summed E-state index contributed by atoms with van der Waals surface area (Å²) >= 11 is 0. The third kappa shape index (κ3) is 2.25. The fourth-order valence-corrected chi connectivity index (χ4v) is 2.68. The van der Waals surface area contributed by atoms with Gasteiger partial charge in [0.2, 0.25) is 5.95 Å². The lowest BCUT2D eigenvalue weighted by molar-refractivity contribution is -0.0612. The zero-order valence-corrected chi connectivity index (χ0v) is 12.2. The molecule has 5 N–H and O–H groups in total. The number of nitrogens with two attached hydrogens (primary N) is 2. The summed E-state index contributed by atoms with van der Waals surface area (Å²) in [5.41, 5.74) is 12.2. The summed E-state index contributed by atoms with van der Waals surface area (Å²) in [6, 6.07) is 0. The first-order valence-electron chi connectivity index (χ1n) is 6.67. The van der Waals surface area contributed by atoms with Crippen LogP contribution in [0.3, 0.4) is 0 Å². The number of nitrogen functional groups attached to an aromatic ring is 2. The van der Waals surface area contributed by atoms with Gasteiger partial charge in [-0.05, 0) is 0 Å². The first-order valence-corrected chi connectivity index (χ1v) is 6.67. The van der Waals surface area contributed by atoms with Crippen LogP contribution in [-0.4, -0.2) is 63.8 Å². The Morgan fingerprint density at radius 2 is 2.14 bits per heavy atom. The molecule has 10 nitrogen and oxygen atoms in total. The van der Waals surface area contributed by atoms with Gasteiger partial charge in [0, 0.05) is 14.2 Å². The van der Waals surface area contributed by atoms with Crippen LogP contribution < -0.4 is 11.5 Å². The number of hydrogen-bond acceptors (Lipinski definition) is 9. The van der Waals surface area contributed by atoms with E-state index in [0.29, 0.717) is 11.2 Å². The number of aromatic nitrogens is 4. The van der Waals surface area contributed by atoms with Crippen LogP contribution in [0.2, 0.25) is 0 Å². The minimum atomic E-state index is -0.917. The molecule has 1 fully saturated rings. The average molecular weight is 310 g/mol. The van der Waals surface area contributed by atoms with Crippen molar-refractivity contribution in [2.45, 2.75) is 24.5 Å². The van der Waals surface area contributed by atoms with Crippen LogP contribution in [0.15, 0.2) is 6.33 Å². The van der Waals surface area contributed by atoms with Crippen molar-refractivity contribution in [1.29, 1.82) is 0 Å². The Kier molecular flexibility index (Phi) is 3.83. The topological polar surface area (TPSA) is 144 Å². The molecular formula is C12H18N6O4. The first-order chi connectivity index (χ1) is 10.6. The molecule has 0 aromatic carbocycles. The van der Waals surface area contributed by atoms with Gasteiger partial charge in [0.15, 0.2) is 17.7 Å². The fourth-order valence-electron chi connectivity index (χ4n) is 2.68. The van der Waals surface area contributed by atoms with E-state index in [1.54, 1.807) is 11.7 Å². The molecule has 2 aromatic heterocycles. The molecule has 0 bridgehead atoms. The average Bonchev–Trinajstić information content (AvgIpc) is 3.01. The van der Waals surface area contributed by atoms with Crippen molar-refractivity contribution < 1.29 is 19.3 Å². The van der Waals surface area contributed by atoms with Gasteiger partial charge >= 0.3 is 0 Å². The van der Waals surface area contributed by atoms with E-state index < -0.39 is 24.5 Å². The monoisotopic (exact) mass is 310 g/mol. The maximum Gasteiger partial charge on any atom is 0.224 e. The third-order valence-corrected chi connectivity index (χ3v) is 3.65. The molecule has 0 saturated carbocycles.